The van der Waals surface area contributed by atoms with Crippen LogP contribution in [0.5, 0.6) is 5.75 Å². The highest BCUT2D eigenvalue weighted by atomic mass is 35.5. The average molecular weight is 251 g/mol. The predicted molar refractivity (Wildman–Crippen MR) is 67.4 cm³/mol. The van der Waals surface area contributed by atoms with Crippen LogP contribution in [0.3, 0.4) is 0 Å². The molecule has 0 unspecified atom stereocenters. The van der Waals surface area contributed by atoms with Crippen LogP contribution in [0.1, 0.15) is 18.4 Å². The molecule has 4 heteroatoms. The van der Waals surface area contributed by atoms with Crippen LogP contribution in [-0.2, 0) is 5.41 Å². The number of nitrogens with one attached hydrogen (secondary N) is 1. The van der Waals surface area contributed by atoms with E-state index in [0.29, 0.717) is 5.02 Å². The Morgan fingerprint density at radius 3 is 2.71 bits per heavy atom. The Labute approximate surface area is 106 Å². The molecule has 1 aliphatic heterocycles. The van der Waals surface area contributed by atoms with E-state index in [9.17, 15) is 5.26 Å². The molecule has 1 N–H and O–H groups in total. The van der Waals surface area contributed by atoms with Gasteiger partial charge in [0.15, 0.2) is 0 Å². The number of ether oxygens (including phenoxy) is 1. The molecule has 0 atom stereocenters. The maximum atomic E-state index is 9.53. The minimum Gasteiger partial charge on any atom is -0.496 e. The molecule has 1 aromatic carbocycles. The standard InChI is InChI=1S/C13H15ClN2O/c1-17-12-3-2-10(14)8-11(12)13(9-15)4-6-16-7-5-13/h2-3,8,16H,4-7H2,1H3. The molecule has 0 bridgehead atoms. The molecule has 1 saturated heterocycles. The van der Waals surface area contributed by atoms with Gasteiger partial charge >= 0.3 is 0 Å². The van der Waals surface area contributed by atoms with Gasteiger partial charge in [-0.2, -0.15) is 5.26 Å². The number of rotatable bonds is 2. The number of hydrogen-bond donors (Lipinski definition) is 1. The summed E-state index contributed by atoms with van der Waals surface area (Å²) >= 11 is 6.03. The van der Waals surface area contributed by atoms with Gasteiger partial charge in [-0.25, -0.2) is 0 Å². The minimum absolute atomic E-state index is 0.471. The highest BCUT2D eigenvalue weighted by Gasteiger charge is 2.36. The van der Waals surface area contributed by atoms with Crippen LogP contribution in [0.25, 0.3) is 0 Å². The Bertz CT molecular complexity index is 447. The van der Waals surface area contributed by atoms with Crippen molar-refractivity contribution in [2.75, 3.05) is 20.2 Å². The van der Waals surface area contributed by atoms with Gasteiger partial charge in [0.25, 0.3) is 0 Å². The molecule has 1 fully saturated rings. The number of halogens is 1. The third-order valence-corrected chi connectivity index (χ3v) is 3.58. The third kappa shape index (κ3) is 2.24. The van der Waals surface area contributed by atoms with Gasteiger partial charge < -0.3 is 10.1 Å². The number of hydrogen-bond acceptors (Lipinski definition) is 3. The molecule has 0 aliphatic carbocycles. The lowest BCUT2D eigenvalue weighted by molar-refractivity contribution is 0.353. The van der Waals surface area contributed by atoms with Crippen molar-refractivity contribution in [3.63, 3.8) is 0 Å². The number of nitrogens with zero attached hydrogens (tertiary/aromatic N) is 1. The van der Waals surface area contributed by atoms with Gasteiger partial charge in [0.05, 0.1) is 18.6 Å². The van der Waals surface area contributed by atoms with Gasteiger partial charge in [0, 0.05) is 10.6 Å². The molecule has 90 valence electrons. The summed E-state index contributed by atoms with van der Waals surface area (Å²) in [5.74, 6) is 0.748. The lowest BCUT2D eigenvalue weighted by atomic mass is 9.74. The number of methoxy groups -OCH3 is 1. The van der Waals surface area contributed by atoms with Crippen molar-refractivity contribution in [3.05, 3.63) is 28.8 Å². The normalized spacial score (nSPS) is 18.4. The first-order valence-electron chi connectivity index (χ1n) is 5.68. The van der Waals surface area contributed by atoms with E-state index in [1.54, 1.807) is 13.2 Å². The Kier molecular flexibility index (Phi) is 3.56. The zero-order valence-electron chi connectivity index (χ0n) is 9.79. The SMILES string of the molecule is COc1ccc(Cl)cc1C1(C#N)CCNCC1. The van der Waals surface area contributed by atoms with E-state index in [2.05, 4.69) is 11.4 Å². The van der Waals surface area contributed by atoms with Crippen molar-refractivity contribution in [2.24, 2.45) is 0 Å². The van der Waals surface area contributed by atoms with E-state index < -0.39 is 5.41 Å². The summed E-state index contributed by atoms with van der Waals surface area (Å²) in [6.07, 6.45) is 1.58. The summed E-state index contributed by atoms with van der Waals surface area (Å²) in [6, 6.07) is 7.93. The molecule has 0 saturated carbocycles. The Morgan fingerprint density at radius 2 is 2.12 bits per heavy atom. The van der Waals surface area contributed by atoms with E-state index in [-0.39, 0.29) is 0 Å². The van der Waals surface area contributed by atoms with Gasteiger partial charge in [-0.1, -0.05) is 11.6 Å². The molecule has 3 nitrogen and oxygen atoms in total. The van der Waals surface area contributed by atoms with Crippen LogP contribution in [0.2, 0.25) is 5.02 Å². The average Bonchev–Trinajstić information content (AvgIpc) is 2.39. The van der Waals surface area contributed by atoms with Crippen LogP contribution in [0.15, 0.2) is 18.2 Å². The van der Waals surface area contributed by atoms with Gasteiger partial charge in [0.1, 0.15) is 5.75 Å². The van der Waals surface area contributed by atoms with E-state index in [1.165, 1.54) is 0 Å². The fourth-order valence-electron chi connectivity index (χ4n) is 2.35. The molecule has 1 aromatic rings. The second-order valence-electron chi connectivity index (χ2n) is 4.29. The summed E-state index contributed by atoms with van der Waals surface area (Å²) in [7, 11) is 1.62. The molecule has 1 aliphatic rings. The van der Waals surface area contributed by atoms with Gasteiger partial charge in [0.2, 0.25) is 0 Å². The molecule has 2 rings (SSSR count). The van der Waals surface area contributed by atoms with Gasteiger partial charge in [-0.15, -0.1) is 0 Å². The zero-order valence-corrected chi connectivity index (χ0v) is 10.5. The van der Waals surface area contributed by atoms with E-state index >= 15 is 0 Å². The van der Waals surface area contributed by atoms with Crippen LogP contribution < -0.4 is 10.1 Å². The van der Waals surface area contributed by atoms with Crippen molar-refractivity contribution >= 4 is 11.6 Å². The molecule has 0 radical (unpaired) electrons. The maximum absolute atomic E-state index is 9.53. The second-order valence-corrected chi connectivity index (χ2v) is 4.72. The lowest BCUT2D eigenvalue weighted by Crippen LogP contribution is -2.39. The molecule has 0 amide bonds. The predicted octanol–water partition coefficient (Wildman–Crippen LogP) is 2.49. The van der Waals surface area contributed by atoms with Crippen molar-refractivity contribution in [1.29, 1.82) is 5.26 Å². The van der Waals surface area contributed by atoms with E-state index in [1.807, 2.05) is 12.1 Å². The van der Waals surface area contributed by atoms with Gasteiger partial charge in [-0.05, 0) is 44.1 Å². The summed E-state index contributed by atoms with van der Waals surface area (Å²) in [6.45, 7) is 1.70. The van der Waals surface area contributed by atoms with Crippen LogP contribution in [0.4, 0.5) is 0 Å². The first-order chi connectivity index (χ1) is 8.22. The van der Waals surface area contributed by atoms with Crippen molar-refractivity contribution < 1.29 is 4.74 Å². The van der Waals surface area contributed by atoms with Gasteiger partial charge in [-0.3, -0.25) is 0 Å². The molecular formula is C13H15ClN2O. The monoisotopic (exact) mass is 250 g/mol. The van der Waals surface area contributed by atoms with Crippen molar-refractivity contribution in [3.8, 4) is 11.8 Å². The molecule has 1 heterocycles. The van der Waals surface area contributed by atoms with E-state index in [4.69, 9.17) is 16.3 Å². The summed E-state index contributed by atoms with van der Waals surface area (Å²) in [5, 5.41) is 13.4. The fourth-order valence-corrected chi connectivity index (χ4v) is 2.52. The molecule has 0 spiro atoms. The zero-order chi connectivity index (χ0) is 12.3. The summed E-state index contributed by atoms with van der Waals surface area (Å²) < 4.78 is 5.35. The molecular weight excluding hydrogens is 236 g/mol. The molecule has 17 heavy (non-hydrogen) atoms. The Balaban J connectivity index is 2.49. The number of nitriles is 1. The Morgan fingerprint density at radius 1 is 1.41 bits per heavy atom. The van der Waals surface area contributed by atoms with Crippen molar-refractivity contribution in [1.82, 2.24) is 5.32 Å². The minimum atomic E-state index is -0.471. The van der Waals surface area contributed by atoms with Crippen LogP contribution in [0, 0.1) is 11.3 Å². The highest BCUT2D eigenvalue weighted by Crippen LogP contribution is 2.39. The summed E-state index contributed by atoms with van der Waals surface area (Å²) in [4.78, 5) is 0. The number of benzene rings is 1. The highest BCUT2D eigenvalue weighted by molar-refractivity contribution is 6.30. The maximum Gasteiger partial charge on any atom is 0.123 e. The van der Waals surface area contributed by atoms with Crippen molar-refractivity contribution in [2.45, 2.75) is 18.3 Å². The largest absolute Gasteiger partial charge is 0.496 e. The lowest BCUT2D eigenvalue weighted by Gasteiger charge is -2.32. The first-order valence-corrected chi connectivity index (χ1v) is 6.06. The van der Waals surface area contributed by atoms with E-state index in [0.717, 1.165) is 37.2 Å². The fraction of sp³-hybridized carbons (Fsp3) is 0.462. The quantitative estimate of drug-likeness (QED) is 0.877. The number of piperidine rings is 1. The van der Waals surface area contributed by atoms with Crippen LogP contribution in [-0.4, -0.2) is 20.2 Å². The molecule has 0 aromatic heterocycles. The second kappa shape index (κ2) is 4.95. The summed E-state index contributed by atoms with van der Waals surface area (Å²) in [5.41, 5.74) is 0.443. The smallest absolute Gasteiger partial charge is 0.123 e. The third-order valence-electron chi connectivity index (χ3n) is 3.35. The van der Waals surface area contributed by atoms with Crippen LogP contribution >= 0.6 is 11.6 Å². The first kappa shape index (κ1) is 12.2. The topological polar surface area (TPSA) is 45.0 Å². The Hall–Kier alpha value is -1.24.